The first-order valence-electron chi connectivity index (χ1n) is 4.66. The van der Waals surface area contributed by atoms with E-state index in [-0.39, 0.29) is 5.92 Å². The number of nitrogen functional groups attached to an aromatic ring is 1. The van der Waals surface area contributed by atoms with Crippen molar-refractivity contribution in [3.8, 4) is 5.75 Å². The van der Waals surface area contributed by atoms with E-state index in [1.165, 1.54) is 0 Å². The number of carbonyl (C=O) groups is 1. The molecule has 0 bridgehead atoms. The summed E-state index contributed by atoms with van der Waals surface area (Å²) >= 11 is 0. The van der Waals surface area contributed by atoms with Gasteiger partial charge in [0.1, 0.15) is 12.0 Å². The molecule has 1 aromatic rings. The highest BCUT2D eigenvalue weighted by Gasteiger charge is 2.10. The first-order chi connectivity index (χ1) is 6.69. The van der Waals surface area contributed by atoms with E-state index in [0.717, 1.165) is 11.8 Å². The van der Waals surface area contributed by atoms with Gasteiger partial charge in [-0.1, -0.05) is 13.0 Å². The van der Waals surface area contributed by atoms with Crippen LogP contribution in [0, 0.1) is 0 Å². The Labute approximate surface area is 83.9 Å². The van der Waals surface area contributed by atoms with Gasteiger partial charge in [-0.3, -0.25) is 0 Å². The van der Waals surface area contributed by atoms with Crippen LogP contribution in [-0.4, -0.2) is 12.9 Å². The summed E-state index contributed by atoms with van der Waals surface area (Å²) in [4.78, 5) is 10.7. The largest absolute Gasteiger partial charge is 0.493 e. The number of hydrogen-bond donors (Lipinski definition) is 1. The molecule has 0 aromatic heterocycles. The predicted octanol–water partition coefficient (Wildman–Crippen LogP) is 1.97. The molecule has 1 rings (SSSR count). The predicted molar refractivity (Wildman–Crippen MR) is 56.5 cm³/mol. The number of anilines is 1. The van der Waals surface area contributed by atoms with E-state index in [9.17, 15) is 4.79 Å². The van der Waals surface area contributed by atoms with Crippen molar-refractivity contribution in [2.75, 3.05) is 12.3 Å². The van der Waals surface area contributed by atoms with E-state index in [0.29, 0.717) is 18.0 Å². The van der Waals surface area contributed by atoms with Crippen LogP contribution in [0.2, 0.25) is 0 Å². The van der Waals surface area contributed by atoms with Crippen molar-refractivity contribution in [1.29, 1.82) is 0 Å². The SMILES string of the molecule is CCOc1cc(N)ccc1C(C)C=O. The lowest BCUT2D eigenvalue weighted by Gasteiger charge is -2.12. The Morgan fingerprint density at radius 1 is 1.57 bits per heavy atom. The van der Waals surface area contributed by atoms with E-state index in [2.05, 4.69) is 0 Å². The second-order valence-corrected chi connectivity index (χ2v) is 3.16. The minimum absolute atomic E-state index is 0.155. The summed E-state index contributed by atoms with van der Waals surface area (Å²) in [5.74, 6) is 0.546. The summed E-state index contributed by atoms with van der Waals surface area (Å²) in [5.41, 5.74) is 7.16. The van der Waals surface area contributed by atoms with Crippen LogP contribution in [-0.2, 0) is 4.79 Å². The van der Waals surface area contributed by atoms with Gasteiger partial charge in [-0.2, -0.15) is 0 Å². The van der Waals surface area contributed by atoms with E-state index in [4.69, 9.17) is 10.5 Å². The van der Waals surface area contributed by atoms with E-state index < -0.39 is 0 Å². The molecule has 0 heterocycles. The molecule has 0 spiro atoms. The number of benzene rings is 1. The molecule has 0 fully saturated rings. The third kappa shape index (κ3) is 2.25. The van der Waals surface area contributed by atoms with Gasteiger partial charge in [-0.25, -0.2) is 0 Å². The van der Waals surface area contributed by atoms with Gasteiger partial charge in [0.25, 0.3) is 0 Å². The fraction of sp³-hybridized carbons (Fsp3) is 0.364. The zero-order valence-corrected chi connectivity index (χ0v) is 8.49. The van der Waals surface area contributed by atoms with Gasteiger partial charge >= 0.3 is 0 Å². The molecule has 0 saturated heterocycles. The fourth-order valence-electron chi connectivity index (χ4n) is 1.28. The summed E-state index contributed by atoms with van der Waals surface area (Å²) in [6.45, 7) is 4.31. The number of aldehydes is 1. The second kappa shape index (κ2) is 4.65. The number of nitrogens with two attached hydrogens (primary N) is 1. The number of carbonyl (C=O) groups excluding carboxylic acids is 1. The number of hydrogen-bond acceptors (Lipinski definition) is 3. The number of ether oxygens (including phenoxy) is 1. The first kappa shape index (κ1) is 10.6. The normalized spacial score (nSPS) is 12.1. The molecule has 0 saturated carbocycles. The minimum atomic E-state index is -0.155. The number of rotatable bonds is 4. The standard InChI is InChI=1S/C11H15NO2/c1-3-14-11-6-9(12)4-5-10(11)8(2)7-13/h4-8H,3,12H2,1-2H3. The molecule has 1 unspecified atom stereocenters. The average molecular weight is 193 g/mol. The van der Waals surface area contributed by atoms with Crippen LogP contribution >= 0.6 is 0 Å². The van der Waals surface area contributed by atoms with E-state index in [1.54, 1.807) is 12.1 Å². The average Bonchev–Trinajstić information content (AvgIpc) is 2.17. The maximum absolute atomic E-state index is 10.7. The van der Waals surface area contributed by atoms with Crippen molar-refractivity contribution in [3.05, 3.63) is 23.8 Å². The van der Waals surface area contributed by atoms with Crippen LogP contribution in [0.1, 0.15) is 25.3 Å². The minimum Gasteiger partial charge on any atom is -0.493 e. The van der Waals surface area contributed by atoms with Crippen molar-refractivity contribution >= 4 is 12.0 Å². The van der Waals surface area contributed by atoms with Crippen LogP contribution < -0.4 is 10.5 Å². The molecule has 1 aromatic carbocycles. The second-order valence-electron chi connectivity index (χ2n) is 3.16. The highest BCUT2D eigenvalue weighted by molar-refractivity contribution is 5.65. The van der Waals surface area contributed by atoms with Crippen molar-refractivity contribution in [2.24, 2.45) is 0 Å². The Morgan fingerprint density at radius 2 is 2.29 bits per heavy atom. The third-order valence-electron chi connectivity index (χ3n) is 2.03. The van der Waals surface area contributed by atoms with Crippen molar-refractivity contribution in [1.82, 2.24) is 0 Å². The van der Waals surface area contributed by atoms with Crippen molar-refractivity contribution in [2.45, 2.75) is 19.8 Å². The van der Waals surface area contributed by atoms with Crippen molar-refractivity contribution < 1.29 is 9.53 Å². The van der Waals surface area contributed by atoms with Gasteiger partial charge in [0.05, 0.1) is 6.61 Å². The topological polar surface area (TPSA) is 52.3 Å². The summed E-state index contributed by atoms with van der Waals surface area (Å²) in [5, 5.41) is 0. The molecular weight excluding hydrogens is 178 g/mol. The fourth-order valence-corrected chi connectivity index (χ4v) is 1.28. The maximum atomic E-state index is 10.7. The van der Waals surface area contributed by atoms with Gasteiger partial charge in [0.2, 0.25) is 0 Å². The van der Waals surface area contributed by atoms with Crippen LogP contribution in [0.4, 0.5) is 5.69 Å². The zero-order chi connectivity index (χ0) is 10.6. The van der Waals surface area contributed by atoms with Crippen LogP contribution in [0.3, 0.4) is 0 Å². The summed E-state index contributed by atoms with van der Waals surface area (Å²) < 4.78 is 5.40. The molecule has 1 atom stereocenters. The van der Waals surface area contributed by atoms with Crippen LogP contribution in [0.5, 0.6) is 5.75 Å². The molecule has 0 radical (unpaired) electrons. The van der Waals surface area contributed by atoms with Gasteiger partial charge < -0.3 is 15.3 Å². The molecule has 0 amide bonds. The zero-order valence-electron chi connectivity index (χ0n) is 8.49. The Kier molecular flexibility index (Phi) is 3.51. The molecular formula is C11H15NO2. The molecule has 0 aliphatic carbocycles. The first-order valence-corrected chi connectivity index (χ1v) is 4.66. The van der Waals surface area contributed by atoms with Gasteiger partial charge in [0, 0.05) is 23.2 Å². The summed E-state index contributed by atoms with van der Waals surface area (Å²) in [7, 11) is 0. The Balaban J connectivity index is 3.07. The maximum Gasteiger partial charge on any atom is 0.127 e. The molecule has 14 heavy (non-hydrogen) atoms. The lowest BCUT2D eigenvalue weighted by molar-refractivity contribution is -0.108. The van der Waals surface area contributed by atoms with E-state index in [1.807, 2.05) is 19.9 Å². The van der Waals surface area contributed by atoms with E-state index >= 15 is 0 Å². The Morgan fingerprint density at radius 3 is 2.86 bits per heavy atom. The van der Waals surface area contributed by atoms with Crippen molar-refractivity contribution in [3.63, 3.8) is 0 Å². The molecule has 3 nitrogen and oxygen atoms in total. The summed E-state index contributed by atoms with van der Waals surface area (Å²) in [6, 6.07) is 5.36. The molecule has 0 aliphatic heterocycles. The van der Waals surface area contributed by atoms with Crippen LogP contribution in [0.15, 0.2) is 18.2 Å². The third-order valence-corrected chi connectivity index (χ3v) is 2.03. The molecule has 0 aliphatic rings. The lowest BCUT2D eigenvalue weighted by atomic mass is 10.0. The molecule has 3 heteroatoms. The quantitative estimate of drug-likeness (QED) is 0.587. The summed E-state index contributed by atoms with van der Waals surface area (Å²) in [6.07, 6.45) is 0.897. The Bertz CT molecular complexity index is 323. The molecule has 2 N–H and O–H groups in total. The highest BCUT2D eigenvalue weighted by atomic mass is 16.5. The smallest absolute Gasteiger partial charge is 0.127 e. The monoisotopic (exact) mass is 193 g/mol. The highest BCUT2D eigenvalue weighted by Crippen LogP contribution is 2.27. The van der Waals surface area contributed by atoms with Gasteiger partial charge in [-0.15, -0.1) is 0 Å². The van der Waals surface area contributed by atoms with Gasteiger partial charge in [-0.05, 0) is 13.0 Å². The lowest BCUT2D eigenvalue weighted by Crippen LogP contribution is -2.02. The van der Waals surface area contributed by atoms with Gasteiger partial charge in [0.15, 0.2) is 0 Å². The molecule has 76 valence electrons. The Hall–Kier alpha value is -1.51. The van der Waals surface area contributed by atoms with Crippen LogP contribution in [0.25, 0.3) is 0 Å².